The first-order valence-electron chi connectivity index (χ1n) is 7.79. The second kappa shape index (κ2) is 10.2. The second-order valence-electron chi connectivity index (χ2n) is 5.42. The number of esters is 1. The molecule has 0 saturated heterocycles. The highest BCUT2D eigenvalue weighted by Gasteiger charge is 2.07. The average molecular weight is 376 g/mol. The van der Waals surface area contributed by atoms with E-state index >= 15 is 0 Å². The Morgan fingerprint density at radius 3 is 2.52 bits per heavy atom. The summed E-state index contributed by atoms with van der Waals surface area (Å²) in [6.45, 7) is 2.22. The Bertz CT molecular complexity index is 717. The van der Waals surface area contributed by atoms with Crippen LogP contribution in [0.4, 0.5) is 5.69 Å². The smallest absolute Gasteiger partial charge is 0.316 e. The number of anilines is 1. The van der Waals surface area contributed by atoms with Crippen LogP contribution in [0.5, 0.6) is 0 Å². The van der Waals surface area contributed by atoms with E-state index < -0.39 is 0 Å². The maximum atomic E-state index is 11.9. The predicted octanol–water partition coefficient (Wildman–Crippen LogP) is 4.13. The van der Waals surface area contributed by atoms with Gasteiger partial charge in [-0.05, 0) is 48.6 Å². The largest absolute Gasteiger partial charge is 0.460 e. The maximum Gasteiger partial charge on any atom is 0.316 e. The van der Waals surface area contributed by atoms with Crippen LogP contribution in [0.15, 0.2) is 53.4 Å². The molecule has 0 aromatic heterocycles. The molecule has 2 aromatic rings. The van der Waals surface area contributed by atoms with E-state index in [1.165, 1.54) is 16.7 Å². The van der Waals surface area contributed by atoms with Crippen molar-refractivity contribution in [3.05, 3.63) is 59.7 Å². The van der Waals surface area contributed by atoms with E-state index in [0.717, 1.165) is 16.8 Å². The summed E-state index contributed by atoms with van der Waals surface area (Å²) in [6, 6.07) is 15.5. The highest BCUT2D eigenvalue weighted by molar-refractivity contribution is 8.00. The Balaban J connectivity index is 1.65. The highest BCUT2D eigenvalue weighted by Crippen LogP contribution is 2.15. The molecule has 0 bridgehead atoms. The molecule has 6 heteroatoms. The third kappa shape index (κ3) is 7.23. The number of hydrogen-bond acceptors (Lipinski definition) is 5. The molecule has 0 radical (unpaired) electrons. The van der Waals surface area contributed by atoms with Gasteiger partial charge >= 0.3 is 5.97 Å². The van der Waals surface area contributed by atoms with E-state index in [4.69, 9.17) is 4.74 Å². The predicted molar refractivity (Wildman–Crippen MR) is 105 cm³/mol. The van der Waals surface area contributed by atoms with Gasteiger partial charge in [0.05, 0.1) is 11.5 Å². The van der Waals surface area contributed by atoms with Crippen LogP contribution in [0.2, 0.25) is 0 Å². The van der Waals surface area contributed by atoms with Crippen LogP contribution in [-0.4, -0.2) is 29.6 Å². The van der Waals surface area contributed by atoms with Gasteiger partial charge < -0.3 is 10.1 Å². The molecule has 0 saturated carbocycles. The van der Waals surface area contributed by atoms with Crippen molar-refractivity contribution in [2.45, 2.75) is 18.4 Å². The van der Waals surface area contributed by atoms with Gasteiger partial charge in [0.15, 0.2) is 0 Å². The van der Waals surface area contributed by atoms with E-state index in [2.05, 4.69) is 5.32 Å². The summed E-state index contributed by atoms with van der Waals surface area (Å²) < 4.78 is 5.22. The number of rotatable bonds is 8. The summed E-state index contributed by atoms with van der Waals surface area (Å²) in [4.78, 5) is 24.8. The van der Waals surface area contributed by atoms with Crippen LogP contribution in [0.1, 0.15) is 11.1 Å². The quantitative estimate of drug-likeness (QED) is 0.555. The molecule has 0 heterocycles. The molecular formula is C19H21NO3S2. The monoisotopic (exact) mass is 375 g/mol. The molecule has 0 unspecified atom stereocenters. The van der Waals surface area contributed by atoms with Gasteiger partial charge in [0.1, 0.15) is 6.61 Å². The van der Waals surface area contributed by atoms with Crippen molar-refractivity contribution in [2.75, 3.05) is 23.1 Å². The topological polar surface area (TPSA) is 55.4 Å². The SMILES string of the molecule is CSc1ccc(COC(=O)CSCC(=O)Nc2cccc(C)c2)cc1. The fraction of sp³-hybridized carbons (Fsp3) is 0.263. The van der Waals surface area contributed by atoms with Crippen LogP contribution >= 0.6 is 23.5 Å². The normalized spacial score (nSPS) is 10.3. The van der Waals surface area contributed by atoms with Gasteiger partial charge in [-0.3, -0.25) is 9.59 Å². The van der Waals surface area contributed by atoms with E-state index in [9.17, 15) is 9.59 Å². The molecule has 132 valence electrons. The number of hydrogen-bond donors (Lipinski definition) is 1. The Morgan fingerprint density at radius 2 is 1.84 bits per heavy atom. The zero-order valence-electron chi connectivity index (χ0n) is 14.3. The Kier molecular flexibility index (Phi) is 7.88. The van der Waals surface area contributed by atoms with Gasteiger partial charge in [-0.15, -0.1) is 23.5 Å². The molecule has 0 atom stereocenters. The van der Waals surface area contributed by atoms with Crippen molar-refractivity contribution in [3.8, 4) is 0 Å². The van der Waals surface area contributed by atoms with Crippen LogP contribution in [-0.2, 0) is 20.9 Å². The molecule has 0 aliphatic heterocycles. The summed E-state index contributed by atoms with van der Waals surface area (Å²) in [7, 11) is 0. The summed E-state index contributed by atoms with van der Waals surface area (Å²) in [6.07, 6.45) is 2.02. The van der Waals surface area contributed by atoms with Crippen LogP contribution in [0, 0.1) is 6.92 Å². The zero-order chi connectivity index (χ0) is 18.1. The second-order valence-corrected chi connectivity index (χ2v) is 7.28. The molecule has 25 heavy (non-hydrogen) atoms. The summed E-state index contributed by atoms with van der Waals surface area (Å²) in [5.74, 6) is -0.0753. The Labute approximate surface area is 156 Å². The van der Waals surface area contributed by atoms with Gasteiger partial charge in [0, 0.05) is 10.6 Å². The van der Waals surface area contributed by atoms with Gasteiger partial charge in [-0.25, -0.2) is 0 Å². The van der Waals surface area contributed by atoms with Gasteiger partial charge in [-0.2, -0.15) is 0 Å². The lowest BCUT2D eigenvalue weighted by Crippen LogP contribution is -2.16. The minimum absolute atomic E-state index is 0.129. The first-order valence-corrected chi connectivity index (χ1v) is 10.2. The fourth-order valence-corrected chi connectivity index (χ4v) is 3.09. The van der Waals surface area contributed by atoms with Crippen molar-refractivity contribution >= 4 is 41.1 Å². The minimum Gasteiger partial charge on any atom is -0.460 e. The average Bonchev–Trinajstić information content (AvgIpc) is 2.60. The van der Waals surface area contributed by atoms with E-state index in [1.807, 2.05) is 61.7 Å². The van der Waals surface area contributed by atoms with Crippen molar-refractivity contribution in [1.29, 1.82) is 0 Å². The first kappa shape index (κ1) is 19.4. The van der Waals surface area contributed by atoms with E-state index in [0.29, 0.717) is 0 Å². The van der Waals surface area contributed by atoms with Crippen molar-refractivity contribution < 1.29 is 14.3 Å². The highest BCUT2D eigenvalue weighted by atomic mass is 32.2. The lowest BCUT2D eigenvalue weighted by molar-refractivity contribution is -0.141. The summed E-state index contributed by atoms with van der Waals surface area (Å²) in [5, 5.41) is 2.81. The molecule has 0 fully saturated rings. The third-order valence-electron chi connectivity index (χ3n) is 3.31. The van der Waals surface area contributed by atoms with E-state index in [1.54, 1.807) is 11.8 Å². The number of carbonyl (C=O) groups is 2. The number of thioether (sulfide) groups is 2. The number of aryl methyl sites for hydroxylation is 1. The zero-order valence-corrected chi connectivity index (χ0v) is 15.9. The molecule has 1 N–H and O–H groups in total. The number of amides is 1. The fourth-order valence-electron chi connectivity index (χ4n) is 2.07. The van der Waals surface area contributed by atoms with Gasteiger partial charge in [0.2, 0.25) is 5.91 Å². The van der Waals surface area contributed by atoms with Gasteiger partial charge in [0.25, 0.3) is 0 Å². The van der Waals surface area contributed by atoms with Gasteiger partial charge in [-0.1, -0.05) is 24.3 Å². The number of ether oxygens (including phenoxy) is 1. The number of carbonyl (C=O) groups excluding carboxylic acids is 2. The molecule has 2 aromatic carbocycles. The Morgan fingerprint density at radius 1 is 1.08 bits per heavy atom. The van der Waals surface area contributed by atoms with E-state index in [-0.39, 0.29) is 30.0 Å². The molecule has 0 aliphatic rings. The molecule has 2 rings (SSSR count). The molecular weight excluding hydrogens is 354 g/mol. The van der Waals surface area contributed by atoms with Crippen molar-refractivity contribution in [3.63, 3.8) is 0 Å². The third-order valence-corrected chi connectivity index (χ3v) is 4.96. The lowest BCUT2D eigenvalue weighted by atomic mass is 10.2. The number of benzene rings is 2. The van der Waals surface area contributed by atoms with Crippen LogP contribution < -0.4 is 5.32 Å². The first-order chi connectivity index (χ1) is 12.1. The molecule has 0 aliphatic carbocycles. The minimum atomic E-state index is -0.317. The lowest BCUT2D eigenvalue weighted by Gasteiger charge is -2.07. The number of nitrogens with one attached hydrogen (secondary N) is 1. The molecule has 4 nitrogen and oxygen atoms in total. The molecule has 1 amide bonds. The van der Waals surface area contributed by atoms with Crippen LogP contribution in [0.3, 0.4) is 0 Å². The van der Waals surface area contributed by atoms with Crippen LogP contribution in [0.25, 0.3) is 0 Å². The Hall–Kier alpha value is -1.92. The molecule has 0 spiro atoms. The van der Waals surface area contributed by atoms with Crippen molar-refractivity contribution in [1.82, 2.24) is 0 Å². The maximum absolute atomic E-state index is 11.9. The standard InChI is InChI=1S/C19H21NO3S2/c1-14-4-3-5-16(10-14)20-18(21)12-25-13-19(22)23-11-15-6-8-17(24-2)9-7-15/h3-10H,11-13H2,1-2H3,(H,20,21). The summed E-state index contributed by atoms with van der Waals surface area (Å²) >= 11 is 2.91. The summed E-state index contributed by atoms with van der Waals surface area (Å²) in [5.41, 5.74) is 2.80. The van der Waals surface area contributed by atoms with Crippen molar-refractivity contribution in [2.24, 2.45) is 0 Å².